The van der Waals surface area contributed by atoms with E-state index in [1.165, 1.54) is 23.6 Å². The summed E-state index contributed by atoms with van der Waals surface area (Å²) in [5.74, 6) is -2.00. The molecule has 2 amide bonds. The van der Waals surface area contributed by atoms with Crippen molar-refractivity contribution in [2.45, 2.75) is 37.2 Å². The number of ether oxygens (including phenoxy) is 3. The minimum absolute atomic E-state index is 0.0601. The van der Waals surface area contributed by atoms with E-state index in [1.807, 2.05) is 97.1 Å². The highest BCUT2D eigenvalue weighted by atomic mass is 32.2. The Balaban J connectivity index is 1.21. The van der Waals surface area contributed by atoms with Gasteiger partial charge >= 0.3 is 12.1 Å². The Bertz CT molecular complexity index is 2300. The van der Waals surface area contributed by atoms with E-state index in [0.717, 1.165) is 33.6 Å². The Morgan fingerprint density at radius 3 is 2.15 bits per heavy atom. The first kappa shape index (κ1) is 40.4. The molecule has 7 rings (SSSR count). The molecule has 16 heteroatoms. The third-order valence-corrected chi connectivity index (χ3v) is 11.2. The fourth-order valence-electron chi connectivity index (χ4n) is 6.55. The molecule has 1 unspecified atom stereocenters. The zero-order valence-electron chi connectivity index (χ0n) is 31.8. The predicted molar refractivity (Wildman–Crippen MR) is 222 cm³/mol. The maximum Gasteiger partial charge on any atom is 0.511 e. The van der Waals surface area contributed by atoms with Crippen LogP contribution in [0, 0.1) is 0 Å². The minimum Gasteiger partial charge on any atom is -0.435 e. The summed E-state index contributed by atoms with van der Waals surface area (Å²) in [6, 6.07) is 31.0. The number of anilines is 1. The number of allylic oxidation sites excluding steroid dienone is 1. The van der Waals surface area contributed by atoms with Crippen molar-refractivity contribution in [3.8, 4) is 0 Å². The van der Waals surface area contributed by atoms with Gasteiger partial charge in [0.15, 0.2) is 10.8 Å². The summed E-state index contributed by atoms with van der Waals surface area (Å²) in [6.45, 7) is 3.02. The Hall–Kier alpha value is -6.78. The summed E-state index contributed by atoms with van der Waals surface area (Å²) in [7, 11) is 0. The fraction of sp³-hybridized carbons (Fsp3) is 0.186. The molecule has 3 N–H and O–H groups in total. The number of nitrogen functional groups attached to an aromatic ring is 1. The number of thioether (sulfide) groups is 1. The molecule has 59 heavy (non-hydrogen) atoms. The average molecular weight is 831 g/mol. The maximum atomic E-state index is 14.4. The van der Waals surface area contributed by atoms with Gasteiger partial charge in [-0.05, 0) is 24.1 Å². The van der Waals surface area contributed by atoms with Crippen LogP contribution in [0.3, 0.4) is 0 Å². The third-order valence-electron chi connectivity index (χ3n) is 9.23. The number of aromatic nitrogens is 2. The fourth-order valence-corrected chi connectivity index (χ4v) is 8.42. The van der Waals surface area contributed by atoms with Gasteiger partial charge in [-0.1, -0.05) is 114 Å². The molecular formula is C43H38N6O8S2. The number of oxime groups is 1. The number of rotatable bonds is 14. The van der Waals surface area contributed by atoms with Gasteiger partial charge in [0.25, 0.3) is 11.8 Å². The van der Waals surface area contributed by atoms with Crippen LogP contribution in [0.15, 0.2) is 143 Å². The van der Waals surface area contributed by atoms with Gasteiger partial charge in [0, 0.05) is 47.1 Å². The highest BCUT2D eigenvalue weighted by Crippen LogP contribution is 2.43. The van der Waals surface area contributed by atoms with E-state index >= 15 is 0 Å². The molecule has 300 valence electrons. The first-order valence-electron chi connectivity index (χ1n) is 18.4. The molecule has 3 aromatic carbocycles. The number of pyridine rings is 1. The van der Waals surface area contributed by atoms with E-state index in [1.54, 1.807) is 42.9 Å². The largest absolute Gasteiger partial charge is 0.511 e. The van der Waals surface area contributed by atoms with Gasteiger partial charge in [0.1, 0.15) is 22.8 Å². The number of hydrogen-bond acceptors (Lipinski definition) is 14. The van der Waals surface area contributed by atoms with Crippen LogP contribution < -0.4 is 11.1 Å². The molecule has 4 heterocycles. The molecular weight excluding hydrogens is 793 g/mol. The van der Waals surface area contributed by atoms with E-state index in [0.29, 0.717) is 5.57 Å². The number of nitrogens with zero attached hydrogens (tertiary/aromatic N) is 4. The number of esters is 1. The summed E-state index contributed by atoms with van der Waals surface area (Å²) < 4.78 is 15.3. The molecule has 0 spiro atoms. The number of hydrogen-bond donors (Lipinski definition) is 2. The Morgan fingerprint density at radius 1 is 0.949 bits per heavy atom. The summed E-state index contributed by atoms with van der Waals surface area (Å²) >= 11 is 2.45. The normalized spacial score (nSPS) is 17.1. The third kappa shape index (κ3) is 8.73. The zero-order valence-corrected chi connectivity index (χ0v) is 33.4. The van der Waals surface area contributed by atoms with Gasteiger partial charge in [-0.3, -0.25) is 19.5 Å². The minimum atomic E-state index is -1.34. The quantitative estimate of drug-likeness (QED) is 0.0320. The Kier molecular flexibility index (Phi) is 12.5. The van der Waals surface area contributed by atoms with E-state index in [4.69, 9.17) is 24.8 Å². The van der Waals surface area contributed by atoms with Gasteiger partial charge in [-0.2, -0.15) is 0 Å². The van der Waals surface area contributed by atoms with Gasteiger partial charge in [-0.25, -0.2) is 14.6 Å². The lowest BCUT2D eigenvalue weighted by Gasteiger charge is -2.49. The standard InChI is InChI=1S/C43H38N6O8S2/c1-3-54-42(53)56-27(2)55-40(52)36-29(22-21-28-14-13-23-45-24-28)25-58-39-35(38(51)49(36)39)47-37(50)34(33-26-59-41(44)46-33)48-57-43(30-15-7-4-8-16-30,31-17-9-5-10-18-31)32-19-11-6-12-20-32/h4-24,26-27,35,39H,3,25H2,1-2H3,(H2,44,46)(H,47,50)/b22-21-,48-34?/t27?,35-,39-/m1/s1. The topological polar surface area (TPSA) is 185 Å². The van der Waals surface area contributed by atoms with Crippen molar-refractivity contribution < 1.29 is 38.2 Å². The zero-order chi connectivity index (χ0) is 41.4. The Morgan fingerprint density at radius 2 is 1.59 bits per heavy atom. The summed E-state index contributed by atoms with van der Waals surface area (Å²) in [5.41, 5.74) is 8.00. The average Bonchev–Trinajstić information content (AvgIpc) is 3.69. The molecule has 0 radical (unpaired) electrons. The summed E-state index contributed by atoms with van der Waals surface area (Å²) in [5, 5.41) is 8.41. The van der Waals surface area contributed by atoms with Crippen LogP contribution in [-0.2, 0) is 39.0 Å². The van der Waals surface area contributed by atoms with E-state index < -0.39 is 47.2 Å². The Labute approximate surface area is 347 Å². The van der Waals surface area contributed by atoms with Crippen molar-refractivity contribution in [1.82, 2.24) is 20.2 Å². The van der Waals surface area contributed by atoms with Crippen molar-refractivity contribution in [1.29, 1.82) is 0 Å². The first-order valence-corrected chi connectivity index (χ1v) is 20.4. The molecule has 0 saturated carbocycles. The number of carbonyl (C=O) groups is 4. The monoisotopic (exact) mass is 830 g/mol. The number of β-lactam (4-membered cyclic amide) rings is 1. The second kappa shape index (κ2) is 18.2. The molecule has 0 aliphatic carbocycles. The van der Waals surface area contributed by atoms with Crippen molar-refractivity contribution in [2.75, 3.05) is 18.1 Å². The molecule has 1 fully saturated rings. The lowest BCUT2D eigenvalue weighted by molar-refractivity contribution is -0.168. The van der Waals surface area contributed by atoms with Crippen LogP contribution in [-0.4, -0.2) is 74.6 Å². The molecule has 14 nitrogen and oxygen atoms in total. The molecule has 2 aromatic heterocycles. The van der Waals surface area contributed by atoms with Crippen LogP contribution >= 0.6 is 23.1 Å². The number of thiazole rings is 1. The SMILES string of the molecule is CCOC(=O)OC(C)OC(=O)C1=C(/C=C\c2cccnc2)CS[C@@H]2[C@H](NC(=O)C(=NOC(c3ccccc3)(c3ccccc3)c3ccccc3)c3csc(N)n3)C(=O)N12. The molecule has 3 atom stereocenters. The smallest absolute Gasteiger partial charge is 0.435 e. The van der Waals surface area contributed by atoms with Gasteiger partial charge < -0.3 is 30.1 Å². The summed E-state index contributed by atoms with van der Waals surface area (Å²) in [4.78, 5) is 70.5. The highest BCUT2D eigenvalue weighted by Gasteiger charge is 2.55. The molecule has 2 aliphatic rings. The lowest BCUT2D eigenvalue weighted by Crippen LogP contribution is -2.71. The number of fused-ring (bicyclic) bond motifs is 1. The highest BCUT2D eigenvalue weighted by molar-refractivity contribution is 8.00. The van der Waals surface area contributed by atoms with Gasteiger partial charge in [-0.15, -0.1) is 23.1 Å². The number of nitrogens with two attached hydrogens (primary N) is 1. The number of nitrogens with one attached hydrogen (secondary N) is 1. The molecule has 5 aromatic rings. The van der Waals surface area contributed by atoms with Crippen LogP contribution in [0.25, 0.3) is 6.08 Å². The van der Waals surface area contributed by atoms with Crippen LogP contribution in [0.2, 0.25) is 0 Å². The van der Waals surface area contributed by atoms with Gasteiger partial charge in [0.05, 0.1) is 6.61 Å². The van der Waals surface area contributed by atoms with Crippen molar-refractivity contribution in [2.24, 2.45) is 5.16 Å². The molecule has 0 bridgehead atoms. The van der Waals surface area contributed by atoms with Gasteiger partial charge in [0.2, 0.25) is 11.9 Å². The second-order valence-corrected chi connectivity index (χ2v) is 15.0. The predicted octanol–water partition coefficient (Wildman–Crippen LogP) is 6.26. The van der Waals surface area contributed by atoms with E-state index in [-0.39, 0.29) is 34.6 Å². The second-order valence-electron chi connectivity index (χ2n) is 13.0. The van der Waals surface area contributed by atoms with Crippen molar-refractivity contribution in [3.05, 3.63) is 166 Å². The summed E-state index contributed by atoms with van der Waals surface area (Å²) in [6.07, 6.45) is 4.37. The van der Waals surface area contributed by atoms with E-state index in [2.05, 4.69) is 20.4 Å². The number of amides is 2. The molecule has 2 aliphatic heterocycles. The number of carbonyl (C=O) groups excluding carboxylic acids is 4. The van der Waals surface area contributed by atoms with Crippen molar-refractivity contribution in [3.63, 3.8) is 0 Å². The van der Waals surface area contributed by atoms with Crippen LogP contribution in [0.4, 0.5) is 9.93 Å². The lowest BCUT2D eigenvalue weighted by atomic mass is 9.80. The van der Waals surface area contributed by atoms with Crippen LogP contribution in [0.5, 0.6) is 0 Å². The van der Waals surface area contributed by atoms with Crippen molar-refractivity contribution >= 4 is 64.0 Å². The molecule has 1 saturated heterocycles. The first-order chi connectivity index (χ1) is 28.7. The maximum absolute atomic E-state index is 14.4. The van der Waals surface area contributed by atoms with Crippen LogP contribution in [0.1, 0.15) is 41.8 Å². The van der Waals surface area contributed by atoms with E-state index in [9.17, 15) is 19.2 Å². The number of benzene rings is 3.